The number of carbonyl (C=O) groups is 1. The van der Waals surface area contributed by atoms with Crippen LogP contribution in [0.2, 0.25) is 0 Å². The molecule has 4 aromatic rings. The number of aromatic carboxylic acids is 1. The number of nitrogens with two attached hydrogens (primary N) is 1. The molecule has 0 bridgehead atoms. The van der Waals surface area contributed by atoms with Crippen LogP contribution in [-0.2, 0) is 0 Å². The maximum Gasteiger partial charge on any atom is 0.356 e. The molecule has 0 aliphatic carbocycles. The van der Waals surface area contributed by atoms with Crippen LogP contribution in [-0.4, -0.2) is 96.3 Å². The van der Waals surface area contributed by atoms with Gasteiger partial charge < -0.3 is 25.1 Å². The highest BCUT2D eigenvalue weighted by molar-refractivity contribution is 5.85. The highest BCUT2D eigenvalue weighted by Gasteiger charge is 2.27. The molecular formula is C23H27N11O3. The summed E-state index contributed by atoms with van der Waals surface area (Å²) in [5.74, 6) is 2.16. The fourth-order valence-corrected chi connectivity index (χ4v) is 4.98. The van der Waals surface area contributed by atoms with E-state index >= 15 is 0 Å². The second-order valence-corrected chi connectivity index (χ2v) is 9.32. The van der Waals surface area contributed by atoms with Gasteiger partial charge in [0.1, 0.15) is 5.82 Å². The number of carboxylic acid groups (broad SMARTS) is 1. The van der Waals surface area contributed by atoms with Gasteiger partial charge in [0.15, 0.2) is 11.5 Å². The number of piperazine rings is 1. The van der Waals surface area contributed by atoms with Crippen molar-refractivity contribution in [1.82, 2.24) is 39.4 Å². The topological polar surface area (TPSA) is 168 Å². The third-order valence-electron chi connectivity index (χ3n) is 6.82. The number of carboxylic acids is 1. The van der Waals surface area contributed by atoms with Crippen molar-refractivity contribution in [2.24, 2.45) is 5.92 Å². The van der Waals surface area contributed by atoms with Crippen LogP contribution >= 0.6 is 0 Å². The van der Waals surface area contributed by atoms with Crippen molar-refractivity contribution in [2.75, 3.05) is 61.3 Å². The fraction of sp³-hybridized carbons (Fsp3) is 0.435. The minimum Gasteiger partial charge on any atom is -0.476 e. The Morgan fingerprint density at radius 2 is 1.95 bits per heavy atom. The fourth-order valence-electron chi connectivity index (χ4n) is 4.98. The van der Waals surface area contributed by atoms with E-state index in [-0.39, 0.29) is 11.6 Å². The molecule has 192 valence electrons. The van der Waals surface area contributed by atoms with Crippen LogP contribution in [0.4, 0.5) is 17.7 Å². The van der Waals surface area contributed by atoms with Crippen molar-refractivity contribution in [1.29, 1.82) is 0 Å². The molecular weight excluding hydrogens is 478 g/mol. The molecule has 0 radical (unpaired) electrons. The van der Waals surface area contributed by atoms with Gasteiger partial charge in [-0.15, -0.1) is 5.10 Å². The molecule has 0 unspecified atom stereocenters. The standard InChI is InChI=1S/C23H27N11O3/c24-21-28-22(29-23-27-19(30-34(21)23)17-4-2-10-37-17)33-5-1-3-15(14-33)13-31-6-8-32(9-7-31)18-12-25-11-16(26-18)20(35)36/h2,4,10-12,15H,1,3,5-9,13-14H2,(H,35,36)(H2,24,27,28,29,30)/t15-/m0/s1. The first-order chi connectivity index (χ1) is 18.0. The van der Waals surface area contributed by atoms with E-state index in [9.17, 15) is 9.90 Å². The van der Waals surface area contributed by atoms with Crippen LogP contribution in [0.15, 0.2) is 35.2 Å². The Morgan fingerprint density at radius 3 is 2.73 bits per heavy atom. The van der Waals surface area contributed by atoms with Crippen molar-refractivity contribution in [3.63, 3.8) is 0 Å². The number of hydrogen-bond donors (Lipinski definition) is 2. The van der Waals surface area contributed by atoms with Gasteiger partial charge in [-0.25, -0.2) is 9.78 Å². The molecule has 2 saturated heterocycles. The lowest BCUT2D eigenvalue weighted by Gasteiger charge is -2.39. The Morgan fingerprint density at radius 1 is 1.08 bits per heavy atom. The predicted octanol–water partition coefficient (Wildman–Crippen LogP) is 0.888. The van der Waals surface area contributed by atoms with E-state index in [1.165, 1.54) is 10.7 Å². The number of fused-ring (bicyclic) bond motifs is 1. The van der Waals surface area contributed by atoms with Crippen LogP contribution in [0.1, 0.15) is 23.3 Å². The number of aromatic nitrogens is 7. The minimum absolute atomic E-state index is 0.0356. The van der Waals surface area contributed by atoms with Crippen LogP contribution in [0, 0.1) is 5.92 Å². The van der Waals surface area contributed by atoms with Gasteiger partial charge in [0.2, 0.25) is 17.7 Å². The lowest BCUT2D eigenvalue weighted by atomic mass is 9.97. The molecule has 4 aromatic heterocycles. The Labute approximate surface area is 211 Å². The number of rotatable bonds is 6. The van der Waals surface area contributed by atoms with Gasteiger partial charge >= 0.3 is 5.97 Å². The lowest BCUT2D eigenvalue weighted by molar-refractivity contribution is 0.0690. The Hall–Kier alpha value is -4.33. The molecule has 1 atom stereocenters. The summed E-state index contributed by atoms with van der Waals surface area (Å²) in [5, 5.41) is 13.6. The molecule has 3 N–H and O–H groups in total. The molecule has 0 amide bonds. The maximum absolute atomic E-state index is 11.2. The van der Waals surface area contributed by atoms with Gasteiger partial charge in [0.05, 0.1) is 18.7 Å². The first-order valence-corrected chi connectivity index (χ1v) is 12.3. The molecule has 0 aromatic carbocycles. The van der Waals surface area contributed by atoms with E-state index in [1.54, 1.807) is 24.6 Å². The zero-order valence-electron chi connectivity index (χ0n) is 20.1. The van der Waals surface area contributed by atoms with E-state index in [2.05, 4.69) is 44.7 Å². The third kappa shape index (κ3) is 4.74. The van der Waals surface area contributed by atoms with Crippen molar-refractivity contribution in [3.05, 3.63) is 36.5 Å². The summed E-state index contributed by atoms with van der Waals surface area (Å²) in [6, 6.07) is 3.56. The number of piperidine rings is 1. The van der Waals surface area contributed by atoms with Gasteiger partial charge in [-0.3, -0.25) is 9.88 Å². The largest absolute Gasteiger partial charge is 0.476 e. The highest BCUT2D eigenvalue weighted by atomic mass is 16.4. The second-order valence-electron chi connectivity index (χ2n) is 9.32. The van der Waals surface area contributed by atoms with E-state index in [1.807, 2.05) is 0 Å². The van der Waals surface area contributed by atoms with Gasteiger partial charge in [0.25, 0.3) is 5.78 Å². The van der Waals surface area contributed by atoms with Gasteiger partial charge in [0, 0.05) is 45.8 Å². The lowest BCUT2D eigenvalue weighted by Crippen LogP contribution is -2.50. The molecule has 0 spiro atoms. The monoisotopic (exact) mass is 505 g/mol. The van der Waals surface area contributed by atoms with Gasteiger partial charge in [-0.05, 0) is 30.9 Å². The smallest absolute Gasteiger partial charge is 0.356 e. The quantitative estimate of drug-likeness (QED) is 0.379. The van der Waals surface area contributed by atoms with Crippen LogP contribution < -0.4 is 15.5 Å². The number of furan rings is 1. The zero-order valence-corrected chi connectivity index (χ0v) is 20.1. The molecule has 14 nitrogen and oxygen atoms in total. The second kappa shape index (κ2) is 9.61. The summed E-state index contributed by atoms with van der Waals surface area (Å²) in [7, 11) is 0. The number of nitrogen functional groups attached to an aromatic ring is 1. The summed E-state index contributed by atoms with van der Waals surface area (Å²) in [6.07, 6.45) is 6.64. The van der Waals surface area contributed by atoms with E-state index in [0.717, 1.165) is 58.7 Å². The summed E-state index contributed by atoms with van der Waals surface area (Å²) in [5.41, 5.74) is 6.16. The molecule has 2 aliphatic heterocycles. The molecule has 6 heterocycles. The van der Waals surface area contributed by atoms with Crippen molar-refractivity contribution in [2.45, 2.75) is 12.8 Å². The number of anilines is 3. The average molecular weight is 506 g/mol. The molecule has 2 aliphatic rings. The van der Waals surface area contributed by atoms with E-state index < -0.39 is 5.97 Å². The molecule has 14 heteroatoms. The van der Waals surface area contributed by atoms with Gasteiger partial charge in [-0.1, -0.05) is 0 Å². The summed E-state index contributed by atoms with van der Waals surface area (Å²) in [4.78, 5) is 39.8. The Bertz CT molecular complexity index is 1400. The first-order valence-electron chi connectivity index (χ1n) is 12.3. The normalized spacial score (nSPS) is 19.0. The van der Waals surface area contributed by atoms with Crippen molar-refractivity contribution < 1.29 is 14.3 Å². The Kier molecular flexibility index (Phi) is 6.00. The van der Waals surface area contributed by atoms with Crippen LogP contribution in [0.5, 0.6) is 0 Å². The average Bonchev–Trinajstić information content (AvgIpc) is 3.60. The molecule has 37 heavy (non-hydrogen) atoms. The zero-order chi connectivity index (χ0) is 25.4. The van der Waals surface area contributed by atoms with Crippen molar-refractivity contribution in [3.8, 4) is 11.6 Å². The van der Waals surface area contributed by atoms with E-state index in [4.69, 9.17) is 10.2 Å². The summed E-state index contributed by atoms with van der Waals surface area (Å²) >= 11 is 0. The molecule has 2 fully saturated rings. The minimum atomic E-state index is -1.07. The predicted molar refractivity (Wildman–Crippen MR) is 133 cm³/mol. The SMILES string of the molecule is Nc1nc(N2CCC[C@@H](CN3CCN(c4cncc(C(=O)O)n4)CC3)C2)nc2nc(-c3ccco3)nn12. The maximum atomic E-state index is 11.2. The Balaban J connectivity index is 1.09. The van der Waals surface area contributed by atoms with Gasteiger partial charge in [-0.2, -0.15) is 19.5 Å². The van der Waals surface area contributed by atoms with Crippen LogP contribution in [0.25, 0.3) is 17.4 Å². The number of hydrogen-bond acceptors (Lipinski definition) is 12. The molecule has 6 rings (SSSR count). The summed E-state index contributed by atoms with van der Waals surface area (Å²) < 4.78 is 6.82. The van der Waals surface area contributed by atoms with E-state index in [0.29, 0.717) is 35.0 Å². The number of nitrogens with zero attached hydrogens (tertiary/aromatic N) is 10. The van der Waals surface area contributed by atoms with Crippen molar-refractivity contribution >= 4 is 29.5 Å². The summed E-state index contributed by atoms with van der Waals surface area (Å²) in [6.45, 7) is 5.96. The third-order valence-corrected chi connectivity index (χ3v) is 6.82. The molecule has 0 saturated carbocycles. The van der Waals surface area contributed by atoms with Crippen LogP contribution in [0.3, 0.4) is 0 Å². The highest BCUT2D eigenvalue weighted by Crippen LogP contribution is 2.24. The first kappa shape index (κ1) is 23.1.